The van der Waals surface area contributed by atoms with Crippen LogP contribution in [0.4, 0.5) is 5.69 Å². The largest absolute Gasteiger partial charge is 0.465 e. The van der Waals surface area contributed by atoms with Crippen LogP contribution in [0.1, 0.15) is 27.8 Å². The number of methoxy groups -OCH3 is 1. The van der Waals surface area contributed by atoms with Gasteiger partial charge in [0.25, 0.3) is 5.91 Å². The molecule has 0 saturated carbocycles. The molecule has 10 heteroatoms. The zero-order chi connectivity index (χ0) is 18.6. The highest BCUT2D eigenvalue weighted by Gasteiger charge is 2.21. The number of carbonyl (C=O) groups excluding carboxylic acids is 2. The number of hydrogen-bond acceptors (Lipinski definition) is 7. The summed E-state index contributed by atoms with van der Waals surface area (Å²) in [5.74, 6) is -1.41. The highest BCUT2D eigenvalue weighted by Crippen LogP contribution is 2.18. The van der Waals surface area contributed by atoms with Gasteiger partial charge in [-0.25, -0.2) is 23.2 Å². The summed E-state index contributed by atoms with van der Waals surface area (Å²) < 4.78 is 28.2. The molecule has 2 aromatic rings. The maximum absolute atomic E-state index is 12.3. The number of carbonyl (C=O) groups is 2. The van der Waals surface area contributed by atoms with E-state index in [1.54, 1.807) is 0 Å². The van der Waals surface area contributed by atoms with Gasteiger partial charge in [-0.05, 0) is 24.3 Å². The van der Waals surface area contributed by atoms with Crippen LogP contribution in [0.5, 0.6) is 0 Å². The summed E-state index contributed by atoms with van der Waals surface area (Å²) in [4.78, 5) is 31.1. The first-order valence-corrected chi connectivity index (χ1v) is 9.06. The first kappa shape index (κ1) is 18.8. The number of halogens is 1. The summed E-state index contributed by atoms with van der Waals surface area (Å²) in [5, 5.41) is 1.97. The summed E-state index contributed by atoms with van der Waals surface area (Å²) >= 11 is 5.89. The molecule has 0 atom stereocenters. The zero-order valence-corrected chi connectivity index (χ0v) is 14.9. The van der Waals surface area contributed by atoms with Gasteiger partial charge in [0.05, 0.1) is 29.6 Å². The lowest BCUT2D eigenvalue weighted by Crippen LogP contribution is -2.18. The molecular formula is C15H14ClN3O5S. The number of aromatic nitrogens is 2. The fourth-order valence-corrected chi connectivity index (χ4v) is 2.67. The molecule has 2 rings (SSSR count). The van der Waals surface area contributed by atoms with Crippen LogP contribution in [-0.2, 0) is 14.6 Å². The Labute approximate surface area is 149 Å². The number of nitrogens with one attached hydrogen (secondary N) is 1. The quantitative estimate of drug-likeness (QED) is 0.619. The number of rotatable bonds is 5. The van der Waals surface area contributed by atoms with Gasteiger partial charge in [-0.3, -0.25) is 4.79 Å². The monoisotopic (exact) mass is 383 g/mol. The van der Waals surface area contributed by atoms with Crippen LogP contribution in [0.25, 0.3) is 0 Å². The third kappa shape index (κ3) is 4.31. The Morgan fingerprint density at radius 1 is 1.24 bits per heavy atom. The minimum absolute atomic E-state index is 0.0845. The van der Waals surface area contributed by atoms with E-state index in [4.69, 9.17) is 11.6 Å². The Kier molecular flexibility index (Phi) is 5.70. The summed E-state index contributed by atoms with van der Waals surface area (Å²) in [7, 11) is -2.41. The average Bonchev–Trinajstić information content (AvgIpc) is 2.61. The van der Waals surface area contributed by atoms with Crippen LogP contribution in [-0.4, -0.2) is 43.1 Å². The maximum Gasteiger partial charge on any atom is 0.337 e. The molecule has 25 heavy (non-hydrogen) atoms. The fourth-order valence-electron chi connectivity index (χ4n) is 1.79. The van der Waals surface area contributed by atoms with Gasteiger partial charge in [-0.2, -0.15) is 0 Å². The number of esters is 1. The molecule has 1 N–H and O–H groups in total. The number of ether oxygens (including phenoxy) is 1. The lowest BCUT2D eigenvalue weighted by Gasteiger charge is -2.08. The maximum atomic E-state index is 12.3. The Morgan fingerprint density at radius 2 is 1.88 bits per heavy atom. The molecular weight excluding hydrogens is 370 g/mol. The second-order valence-corrected chi connectivity index (χ2v) is 7.35. The standard InChI is InChI=1S/C15H14ClN3O5S/c1-3-25(22,23)15-17-8-11(16)12(19-15)13(20)18-10-6-4-9(5-7-10)14(21)24-2/h4-8H,3H2,1-2H3,(H,18,20). The fraction of sp³-hybridized carbons (Fsp3) is 0.200. The molecule has 0 aliphatic rings. The van der Waals surface area contributed by atoms with Gasteiger partial charge >= 0.3 is 5.97 Å². The molecule has 1 aromatic heterocycles. The van der Waals surface area contributed by atoms with Gasteiger partial charge in [0.15, 0.2) is 5.69 Å². The van der Waals surface area contributed by atoms with E-state index in [0.29, 0.717) is 11.3 Å². The SMILES string of the molecule is CCS(=O)(=O)c1ncc(Cl)c(C(=O)Nc2ccc(C(=O)OC)cc2)n1. The number of nitrogens with zero attached hydrogens (tertiary/aromatic N) is 2. The third-order valence-corrected chi connectivity index (χ3v) is 4.95. The molecule has 0 aliphatic heterocycles. The van der Waals surface area contributed by atoms with E-state index in [1.165, 1.54) is 38.3 Å². The van der Waals surface area contributed by atoms with Crippen molar-refractivity contribution in [1.82, 2.24) is 9.97 Å². The number of benzene rings is 1. The topological polar surface area (TPSA) is 115 Å². The molecule has 0 bridgehead atoms. The molecule has 1 amide bonds. The van der Waals surface area contributed by atoms with Crippen molar-refractivity contribution >= 4 is 39.0 Å². The second-order valence-electron chi connectivity index (χ2n) is 4.78. The first-order chi connectivity index (χ1) is 11.8. The Bertz CT molecular complexity index is 913. The van der Waals surface area contributed by atoms with Crippen LogP contribution in [0.3, 0.4) is 0 Å². The van der Waals surface area contributed by atoms with Crippen LogP contribution >= 0.6 is 11.6 Å². The van der Waals surface area contributed by atoms with Crippen molar-refractivity contribution in [2.75, 3.05) is 18.2 Å². The van der Waals surface area contributed by atoms with Crippen molar-refractivity contribution in [1.29, 1.82) is 0 Å². The van der Waals surface area contributed by atoms with Gasteiger partial charge in [-0.1, -0.05) is 18.5 Å². The van der Waals surface area contributed by atoms with Gasteiger partial charge in [0.2, 0.25) is 15.0 Å². The average molecular weight is 384 g/mol. The molecule has 1 heterocycles. The predicted molar refractivity (Wildman–Crippen MR) is 90.5 cm³/mol. The first-order valence-electron chi connectivity index (χ1n) is 7.03. The lowest BCUT2D eigenvalue weighted by molar-refractivity contribution is 0.0600. The van der Waals surface area contributed by atoms with Crippen LogP contribution < -0.4 is 5.32 Å². The Balaban J connectivity index is 2.26. The van der Waals surface area contributed by atoms with E-state index in [0.717, 1.165) is 6.20 Å². The van der Waals surface area contributed by atoms with E-state index in [-0.39, 0.29) is 16.5 Å². The molecule has 0 unspecified atom stereocenters. The number of anilines is 1. The molecule has 0 saturated heterocycles. The predicted octanol–water partition coefficient (Wildman–Crippen LogP) is 1.96. The molecule has 8 nitrogen and oxygen atoms in total. The molecule has 1 aromatic carbocycles. The summed E-state index contributed by atoms with van der Waals surface area (Å²) in [6.07, 6.45) is 1.06. The summed E-state index contributed by atoms with van der Waals surface area (Å²) in [6.45, 7) is 1.44. The van der Waals surface area contributed by atoms with Crippen molar-refractivity contribution in [2.45, 2.75) is 12.1 Å². The third-order valence-electron chi connectivity index (χ3n) is 3.16. The van der Waals surface area contributed by atoms with E-state index in [1.807, 2.05) is 0 Å². The van der Waals surface area contributed by atoms with Crippen LogP contribution in [0, 0.1) is 0 Å². The minimum Gasteiger partial charge on any atom is -0.465 e. The molecule has 0 aliphatic carbocycles. The number of amides is 1. The van der Waals surface area contributed by atoms with Crippen molar-refractivity contribution in [3.05, 3.63) is 46.7 Å². The highest BCUT2D eigenvalue weighted by atomic mass is 35.5. The minimum atomic E-state index is -3.67. The van der Waals surface area contributed by atoms with Crippen molar-refractivity contribution < 1.29 is 22.7 Å². The normalized spacial score (nSPS) is 11.0. The van der Waals surface area contributed by atoms with E-state index in [2.05, 4.69) is 20.0 Å². The smallest absolute Gasteiger partial charge is 0.337 e. The molecule has 0 radical (unpaired) electrons. The molecule has 0 fully saturated rings. The lowest BCUT2D eigenvalue weighted by atomic mass is 10.2. The number of hydrogen-bond donors (Lipinski definition) is 1. The zero-order valence-electron chi connectivity index (χ0n) is 13.3. The van der Waals surface area contributed by atoms with Gasteiger partial charge in [0.1, 0.15) is 0 Å². The van der Waals surface area contributed by atoms with Crippen LogP contribution in [0.15, 0.2) is 35.6 Å². The van der Waals surface area contributed by atoms with Gasteiger partial charge < -0.3 is 10.1 Å². The van der Waals surface area contributed by atoms with E-state index in [9.17, 15) is 18.0 Å². The van der Waals surface area contributed by atoms with Crippen molar-refractivity contribution in [3.63, 3.8) is 0 Å². The van der Waals surface area contributed by atoms with E-state index < -0.39 is 26.9 Å². The summed E-state index contributed by atoms with van der Waals surface area (Å²) in [5.41, 5.74) is 0.421. The van der Waals surface area contributed by atoms with E-state index >= 15 is 0 Å². The second kappa shape index (κ2) is 7.58. The van der Waals surface area contributed by atoms with Crippen molar-refractivity contribution in [2.24, 2.45) is 0 Å². The van der Waals surface area contributed by atoms with Crippen molar-refractivity contribution in [3.8, 4) is 0 Å². The summed E-state index contributed by atoms with van der Waals surface area (Å²) in [6, 6.07) is 5.91. The Hall–Kier alpha value is -2.52. The molecule has 132 valence electrons. The number of sulfone groups is 1. The highest BCUT2D eigenvalue weighted by molar-refractivity contribution is 7.91. The van der Waals surface area contributed by atoms with Gasteiger partial charge in [0, 0.05) is 5.69 Å². The van der Waals surface area contributed by atoms with Crippen LogP contribution in [0.2, 0.25) is 5.02 Å². The molecule has 0 spiro atoms. The van der Waals surface area contributed by atoms with Gasteiger partial charge in [-0.15, -0.1) is 0 Å². The Morgan fingerprint density at radius 3 is 2.44 bits per heavy atom.